The molecule has 12 N–H and O–H groups in total. The van der Waals surface area contributed by atoms with Crippen molar-refractivity contribution in [3.63, 3.8) is 0 Å². The Bertz CT molecular complexity index is 2340. The lowest BCUT2D eigenvalue weighted by molar-refractivity contribution is -0.379. The lowest BCUT2D eigenvalue weighted by Gasteiger charge is -2.48. The van der Waals surface area contributed by atoms with Gasteiger partial charge in [0.05, 0.1) is 38.6 Å². The molecule has 3 heterocycles. The van der Waals surface area contributed by atoms with Gasteiger partial charge in [0.15, 0.2) is 18.9 Å². The number of carbonyl (C=O) groups is 1. The van der Waals surface area contributed by atoms with Crippen LogP contribution in [0.1, 0.15) is 393 Å². The summed E-state index contributed by atoms with van der Waals surface area (Å²) in [5.74, 6) is -0.283. The molecule has 0 aromatic rings. The van der Waals surface area contributed by atoms with E-state index in [1.807, 2.05) is 6.08 Å². The van der Waals surface area contributed by atoms with E-state index in [0.29, 0.717) is 12.8 Å². The Labute approximate surface area is 693 Å². The maximum absolute atomic E-state index is 13.5. The topological polar surface area (TPSA) is 307 Å². The summed E-state index contributed by atoms with van der Waals surface area (Å²) in [4.78, 5) is 13.5. The number of ether oxygens (including phenoxy) is 6. The van der Waals surface area contributed by atoms with E-state index in [-0.39, 0.29) is 18.9 Å². The zero-order chi connectivity index (χ0) is 82.4. The number of amides is 1. The van der Waals surface area contributed by atoms with Crippen LogP contribution < -0.4 is 5.32 Å². The quantitative estimate of drug-likeness (QED) is 0.0199. The SMILES string of the molecule is CCCCCCC/C=C\C/C=C\C/C=C\CCCCCCCCCCCCCCCCCCCCCCCCCCCCC(=O)NC(COC1OC(CO)C(OC2OC(CO)C(OC3OC(CO)C(O)C(O)C3O)C(O)C2O)C(O)C1O)C(O)/C=C/CC/C=C/CC/C=C/CCCCCCCCCCCCCCCCCCCC. The Morgan fingerprint density at radius 2 is 0.588 bits per heavy atom. The highest BCUT2D eigenvalue weighted by atomic mass is 16.8. The van der Waals surface area contributed by atoms with Crippen molar-refractivity contribution in [1.29, 1.82) is 0 Å². The van der Waals surface area contributed by atoms with Crippen molar-refractivity contribution in [3.8, 4) is 0 Å². The summed E-state index contributed by atoms with van der Waals surface area (Å²) in [7, 11) is 0. The lowest BCUT2D eigenvalue weighted by Crippen LogP contribution is -2.66. The van der Waals surface area contributed by atoms with Crippen LogP contribution in [-0.4, -0.2) is 193 Å². The smallest absolute Gasteiger partial charge is 0.220 e. The standard InChI is InChI=1S/C95H173NO18/c1-3-5-7-9-11-13-15-17-19-21-23-25-27-29-31-33-34-35-36-37-38-39-40-41-42-43-44-45-47-49-51-53-55-57-59-61-63-65-67-69-71-73-83(101)96-78(79(100)72-70-68-66-64-62-60-58-56-54-52-50-48-46-32-30-28-26-24-22-20-18-16-14-12-10-8-6-4-2)77-109-93-89(107)86(104)91(81(75-98)111-93)114-95-90(108)87(105)92(82(76-99)112-95)113-94-88(106)85(103)84(102)80(74-97)110-94/h15,17,21,23,27,29,54,56,62,64,70,72,78-82,84-95,97-100,102-108H,3-14,16,18-20,22,24-26,28,30-53,55,57-61,63,65-69,71,73-77H2,1-2H3,(H,96,101)/b17-15-,23-21-,29-27-,56-54+,64-62+,72-70+. The number of aliphatic hydroxyl groups excluding tert-OH is 11. The number of nitrogens with one attached hydrogen (secondary N) is 1. The van der Waals surface area contributed by atoms with E-state index >= 15 is 0 Å². The average molecular weight is 1620 g/mol. The molecule has 0 aliphatic carbocycles. The minimum absolute atomic E-state index is 0.234. The molecule has 3 fully saturated rings. The van der Waals surface area contributed by atoms with E-state index in [2.05, 4.69) is 79.9 Å². The van der Waals surface area contributed by atoms with Gasteiger partial charge in [0, 0.05) is 6.42 Å². The van der Waals surface area contributed by atoms with E-state index < -0.39 is 124 Å². The predicted octanol–water partition coefficient (Wildman–Crippen LogP) is 18.7. The van der Waals surface area contributed by atoms with Gasteiger partial charge < -0.3 is 89.9 Å². The molecule has 17 unspecified atom stereocenters. The van der Waals surface area contributed by atoms with Gasteiger partial charge in [0.2, 0.25) is 5.91 Å². The molecular formula is C95H173NO18. The van der Waals surface area contributed by atoms with Gasteiger partial charge in [-0.05, 0) is 83.5 Å². The summed E-state index contributed by atoms with van der Waals surface area (Å²) in [6.07, 6.45) is 73.6. The third kappa shape index (κ3) is 51.8. The van der Waals surface area contributed by atoms with Crippen molar-refractivity contribution in [2.45, 2.75) is 497 Å². The van der Waals surface area contributed by atoms with Crippen LogP contribution in [0, 0.1) is 0 Å². The van der Waals surface area contributed by atoms with Crippen molar-refractivity contribution in [3.05, 3.63) is 72.9 Å². The minimum atomic E-state index is -1.99. The molecule has 1 amide bonds. The molecule has 3 aliphatic heterocycles. The fraction of sp³-hybridized carbons (Fsp3) is 0.863. The minimum Gasteiger partial charge on any atom is -0.394 e. The highest BCUT2D eigenvalue weighted by Crippen LogP contribution is 2.34. The summed E-state index contributed by atoms with van der Waals surface area (Å²) in [5, 5.41) is 121. The van der Waals surface area contributed by atoms with Gasteiger partial charge >= 0.3 is 0 Å². The van der Waals surface area contributed by atoms with E-state index in [1.165, 1.54) is 302 Å². The van der Waals surface area contributed by atoms with Crippen LogP contribution in [0.5, 0.6) is 0 Å². The van der Waals surface area contributed by atoms with E-state index in [0.717, 1.165) is 57.8 Å². The largest absolute Gasteiger partial charge is 0.394 e. The molecule has 0 spiro atoms. The van der Waals surface area contributed by atoms with Crippen molar-refractivity contribution in [2.24, 2.45) is 0 Å². The van der Waals surface area contributed by atoms with Gasteiger partial charge in [-0.1, -0.05) is 376 Å². The van der Waals surface area contributed by atoms with Gasteiger partial charge in [-0.3, -0.25) is 4.79 Å². The van der Waals surface area contributed by atoms with E-state index in [9.17, 15) is 61.0 Å². The van der Waals surface area contributed by atoms with Crippen LogP contribution in [0.3, 0.4) is 0 Å². The normalized spacial score (nSPS) is 25.0. The van der Waals surface area contributed by atoms with Crippen molar-refractivity contribution in [2.75, 3.05) is 26.4 Å². The summed E-state index contributed by atoms with van der Waals surface area (Å²) < 4.78 is 34.5. The summed E-state index contributed by atoms with van der Waals surface area (Å²) >= 11 is 0. The first-order valence-electron chi connectivity index (χ1n) is 47.2. The first kappa shape index (κ1) is 105. The second kappa shape index (κ2) is 74.1. The molecule has 0 radical (unpaired) electrons. The van der Waals surface area contributed by atoms with Crippen LogP contribution in [0.4, 0.5) is 0 Å². The maximum Gasteiger partial charge on any atom is 0.220 e. The van der Waals surface area contributed by atoms with Gasteiger partial charge in [-0.15, -0.1) is 0 Å². The number of rotatable bonds is 77. The number of hydrogen-bond acceptors (Lipinski definition) is 18. The van der Waals surface area contributed by atoms with Crippen LogP contribution >= 0.6 is 0 Å². The van der Waals surface area contributed by atoms with Gasteiger partial charge in [-0.25, -0.2) is 0 Å². The van der Waals surface area contributed by atoms with Gasteiger partial charge in [-0.2, -0.15) is 0 Å². The molecule has 0 bridgehead atoms. The Morgan fingerprint density at radius 3 is 0.939 bits per heavy atom. The molecule has 3 rings (SSSR count). The van der Waals surface area contributed by atoms with Gasteiger partial charge in [0.25, 0.3) is 0 Å². The molecular weight excluding hydrogens is 1440 g/mol. The third-order valence-corrected chi connectivity index (χ3v) is 23.2. The van der Waals surface area contributed by atoms with Crippen molar-refractivity contribution < 1.29 is 89.4 Å². The predicted molar refractivity (Wildman–Crippen MR) is 462 cm³/mol. The van der Waals surface area contributed by atoms with Crippen molar-refractivity contribution in [1.82, 2.24) is 5.32 Å². The molecule has 3 aliphatic rings. The van der Waals surface area contributed by atoms with E-state index in [4.69, 9.17) is 28.4 Å². The zero-order valence-electron chi connectivity index (χ0n) is 72.1. The first-order chi connectivity index (χ1) is 55.8. The summed E-state index contributed by atoms with van der Waals surface area (Å²) in [6.45, 7) is 1.75. The zero-order valence-corrected chi connectivity index (χ0v) is 72.1. The molecule has 0 aromatic heterocycles. The molecule has 19 nitrogen and oxygen atoms in total. The number of unbranched alkanes of at least 4 members (excludes halogenated alkanes) is 51. The van der Waals surface area contributed by atoms with E-state index in [1.54, 1.807) is 6.08 Å². The summed E-state index contributed by atoms with van der Waals surface area (Å²) in [5.41, 5.74) is 0. The van der Waals surface area contributed by atoms with Crippen LogP contribution in [0.2, 0.25) is 0 Å². The number of aliphatic hydroxyl groups is 11. The molecule has 17 atom stereocenters. The Balaban J connectivity index is 1.30. The second-order valence-electron chi connectivity index (χ2n) is 33.5. The number of allylic oxidation sites excluding steroid dienone is 11. The molecule has 666 valence electrons. The molecule has 0 aromatic carbocycles. The first-order valence-corrected chi connectivity index (χ1v) is 47.2. The fourth-order valence-corrected chi connectivity index (χ4v) is 15.7. The van der Waals surface area contributed by atoms with Crippen LogP contribution in [-0.2, 0) is 33.2 Å². The Hall–Kier alpha value is -2.77. The highest BCUT2D eigenvalue weighted by Gasteiger charge is 2.54. The number of carbonyl (C=O) groups excluding carboxylic acids is 1. The fourth-order valence-electron chi connectivity index (χ4n) is 15.7. The lowest BCUT2D eigenvalue weighted by atomic mass is 9.96. The maximum atomic E-state index is 13.5. The highest BCUT2D eigenvalue weighted by molar-refractivity contribution is 5.76. The van der Waals surface area contributed by atoms with Gasteiger partial charge in [0.1, 0.15) is 73.2 Å². The second-order valence-corrected chi connectivity index (χ2v) is 33.5. The third-order valence-electron chi connectivity index (χ3n) is 23.2. The average Bonchev–Trinajstić information content (AvgIpc) is 0.782. The van der Waals surface area contributed by atoms with Crippen LogP contribution in [0.25, 0.3) is 0 Å². The molecule has 19 heteroatoms. The summed E-state index contributed by atoms with van der Waals surface area (Å²) in [6, 6.07) is -1.000. The Kier molecular flexibility index (Phi) is 68.5. The molecule has 0 saturated carbocycles. The monoisotopic (exact) mass is 1620 g/mol. The molecule has 114 heavy (non-hydrogen) atoms. The number of hydrogen-bond donors (Lipinski definition) is 12. The van der Waals surface area contributed by atoms with Crippen LogP contribution in [0.15, 0.2) is 72.9 Å². The van der Waals surface area contributed by atoms with Crippen molar-refractivity contribution >= 4 is 5.91 Å². The molecule has 3 saturated heterocycles. The Morgan fingerprint density at radius 1 is 0.316 bits per heavy atom.